The molecule has 0 saturated heterocycles. The molecule has 3 aromatic rings. The molecule has 5 nitrogen and oxygen atoms in total. The SMILES string of the molecule is CCOC(=O)c1c(NC(=O)[C@@H](C)Sc2c[nH]c3ccccc23)sc2c1CCCCC2. The van der Waals surface area contributed by atoms with Crippen molar-refractivity contribution in [1.29, 1.82) is 0 Å². The Kier molecular flexibility index (Phi) is 6.49. The minimum absolute atomic E-state index is 0.104. The highest BCUT2D eigenvalue weighted by atomic mass is 32.2. The molecule has 0 spiro atoms. The van der Waals surface area contributed by atoms with Gasteiger partial charge in [0.1, 0.15) is 5.00 Å². The number of carbonyl (C=O) groups is 2. The van der Waals surface area contributed by atoms with Crippen molar-refractivity contribution in [3.8, 4) is 0 Å². The number of thioether (sulfide) groups is 1. The number of benzene rings is 1. The number of aromatic nitrogens is 1. The summed E-state index contributed by atoms with van der Waals surface area (Å²) in [4.78, 5) is 31.2. The molecule has 0 fully saturated rings. The second-order valence-electron chi connectivity index (χ2n) is 7.44. The van der Waals surface area contributed by atoms with Gasteiger partial charge in [0.05, 0.1) is 17.4 Å². The van der Waals surface area contributed by atoms with Crippen LogP contribution in [0.25, 0.3) is 10.9 Å². The Balaban J connectivity index is 1.55. The van der Waals surface area contributed by atoms with Crippen LogP contribution in [-0.4, -0.2) is 28.7 Å². The lowest BCUT2D eigenvalue weighted by Crippen LogP contribution is -2.23. The van der Waals surface area contributed by atoms with Crippen LogP contribution in [-0.2, 0) is 22.4 Å². The molecule has 1 atom stereocenters. The Morgan fingerprint density at radius 3 is 2.87 bits per heavy atom. The van der Waals surface area contributed by atoms with Gasteiger partial charge in [0.15, 0.2) is 0 Å². The van der Waals surface area contributed by atoms with Crippen molar-refractivity contribution < 1.29 is 14.3 Å². The number of hydrogen-bond acceptors (Lipinski definition) is 5. The van der Waals surface area contributed by atoms with Gasteiger partial charge in [-0.2, -0.15) is 0 Å². The zero-order valence-electron chi connectivity index (χ0n) is 17.2. The quantitative estimate of drug-likeness (QED) is 0.288. The number of esters is 1. The van der Waals surface area contributed by atoms with Crippen molar-refractivity contribution in [3.05, 3.63) is 46.5 Å². The molecule has 0 aliphatic heterocycles. The Bertz CT molecular complexity index is 1070. The van der Waals surface area contributed by atoms with Crippen molar-refractivity contribution in [3.63, 3.8) is 0 Å². The van der Waals surface area contributed by atoms with E-state index in [-0.39, 0.29) is 17.1 Å². The van der Waals surface area contributed by atoms with E-state index in [1.807, 2.05) is 37.4 Å². The summed E-state index contributed by atoms with van der Waals surface area (Å²) >= 11 is 3.05. The summed E-state index contributed by atoms with van der Waals surface area (Å²) in [5.74, 6) is -0.434. The number of ether oxygens (including phenoxy) is 1. The first kappa shape index (κ1) is 21.0. The maximum absolute atomic E-state index is 13.0. The minimum Gasteiger partial charge on any atom is -0.462 e. The number of para-hydroxylation sites is 1. The van der Waals surface area contributed by atoms with Crippen LogP contribution in [0.4, 0.5) is 5.00 Å². The van der Waals surface area contributed by atoms with Crippen LogP contribution < -0.4 is 5.32 Å². The van der Waals surface area contributed by atoms with Crippen LogP contribution in [0.3, 0.4) is 0 Å². The van der Waals surface area contributed by atoms with Gasteiger partial charge in [-0.25, -0.2) is 4.79 Å². The molecule has 0 bridgehead atoms. The highest BCUT2D eigenvalue weighted by molar-refractivity contribution is 8.00. The van der Waals surface area contributed by atoms with E-state index in [1.165, 1.54) is 34.4 Å². The van der Waals surface area contributed by atoms with Crippen LogP contribution in [0.2, 0.25) is 0 Å². The number of thiophene rings is 1. The van der Waals surface area contributed by atoms with E-state index in [9.17, 15) is 9.59 Å². The Hall–Kier alpha value is -2.25. The third kappa shape index (κ3) is 4.27. The predicted molar refractivity (Wildman–Crippen MR) is 124 cm³/mol. The molecular formula is C23H26N2O3S2. The number of aryl methyl sites for hydroxylation is 1. The van der Waals surface area contributed by atoms with Crippen molar-refractivity contribution >= 4 is 50.9 Å². The van der Waals surface area contributed by atoms with E-state index >= 15 is 0 Å². The summed E-state index contributed by atoms with van der Waals surface area (Å²) < 4.78 is 5.32. The number of nitrogens with one attached hydrogen (secondary N) is 2. The van der Waals surface area contributed by atoms with Gasteiger partial charge in [-0.3, -0.25) is 4.79 Å². The first-order valence-corrected chi connectivity index (χ1v) is 12.1. The molecule has 158 valence electrons. The average Bonchev–Trinajstić information content (AvgIpc) is 3.21. The molecule has 2 N–H and O–H groups in total. The van der Waals surface area contributed by atoms with Gasteiger partial charge in [-0.05, 0) is 51.2 Å². The van der Waals surface area contributed by atoms with Crippen LogP contribution >= 0.6 is 23.1 Å². The lowest BCUT2D eigenvalue weighted by Gasteiger charge is -2.12. The highest BCUT2D eigenvalue weighted by Gasteiger charge is 2.28. The average molecular weight is 443 g/mol. The number of carbonyl (C=O) groups excluding carboxylic acids is 2. The van der Waals surface area contributed by atoms with Crippen LogP contribution in [0.1, 0.15) is 53.9 Å². The summed E-state index contributed by atoms with van der Waals surface area (Å²) in [5, 5.41) is 4.48. The molecule has 7 heteroatoms. The molecule has 0 unspecified atom stereocenters. The smallest absolute Gasteiger partial charge is 0.341 e. The van der Waals surface area contributed by atoms with Gasteiger partial charge >= 0.3 is 5.97 Å². The molecule has 4 rings (SSSR count). The van der Waals surface area contributed by atoms with E-state index < -0.39 is 0 Å². The highest BCUT2D eigenvalue weighted by Crippen LogP contribution is 2.39. The van der Waals surface area contributed by atoms with E-state index in [0.717, 1.165) is 47.0 Å². The van der Waals surface area contributed by atoms with Gasteiger partial charge in [0, 0.05) is 26.9 Å². The maximum atomic E-state index is 13.0. The number of rotatable bonds is 6. The zero-order valence-corrected chi connectivity index (χ0v) is 18.9. The molecular weight excluding hydrogens is 416 g/mol. The third-order valence-corrected chi connectivity index (χ3v) is 7.73. The van der Waals surface area contributed by atoms with E-state index in [4.69, 9.17) is 4.74 Å². The fourth-order valence-electron chi connectivity index (χ4n) is 3.85. The molecule has 2 aromatic heterocycles. The van der Waals surface area contributed by atoms with Crippen molar-refractivity contribution in [1.82, 2.24) is 4.98 Å². The largest absolute Gasteiger partial charge is 0.462 e. The van der Waals surface area contributed by atoms with Crippen molar-refractivity contribution in [2.45, 2.75) is 56.1 Å². The number of amides is 1. The van der Waals surface area contributed by atoms with E-state index in [2.05, 4.69) is 10.3 Å². The van der Waals surface area contributed by atoms with Crippen LogP contribution in [0.5, 0.6) is 0 Å². The maximum Gasteiger partial charge on any atom is 0.341 e. The molecule has 1 aliphatic rings. The predicted octanol–water partition coefficient (Wildman–Crippen LogP) is 5.79. The fraction of sp³-hybridized carbons (Fsp3) is 0.391. The second kappa shape index (κ2) is 9.27. The Labute approximate surface area is 184 Å². The number of aromatic amines is 1. The summed E-state index contributed by atoms with van der Waals surface area (Å²) in [7, 11) is 0. The molecule has 1 aromatic carbocycles. The van der Waals surface area contributed by atoms with Crippen LogP contribution in [0.15, 0.2) is 35.4 Å². The number of hydrogen-bond donors (Lipinski definition) is 2. The molecule has 30 heavy (non-hydrogen) atoms. The van der Waals surface area contributed by atoms with Gasteiger partial charge in [0.2, 0.25) is 5.91 Å². The van der Waals surface area contributed by atoms with Crippen molar-refractivity contribution in [2.24, 2.45) is 0 Å². The van der Waals surface area contributed by atoms with Gasteiger partial charge in [-0.1, -0.05) is 24.6 Å². The summed E-state index contributed by atoms with van der Waals surface area (Å²) in [6.07, 6.45) is 7.13. The molecule has 0 radical (unpaired) electrons. The van der Waals surface area contributed by atoms with Gasteiger partial charge in [-0.15, -0.1) is 23.1 Å². The molecule has 1 amide bonds. The number of H-pyrrole nitrogens is 1. The molecule has 2 heterocycles. The summed E-state index contributed by atoms with van der Waals surface area (Å²) in [6, 6.07) is 8.05. The van der Waals surface area contributed by atoms with Gasteiger partial charge < -0.3 is 15.0 Å². The zero-order chi connectivity index (χ0) is 21.1. The Morgan fingerprint density at radius 2 is 2.03 bits per heavy atom. The molecule has 0 saturated carbocycles. The standard InChI is InChI=1S/C23H26N2O3S2/c1-3-28-23(27)20-16-10-5-4-6-12-18(16)30-22(20)25-21(26)14(2)29-19-13-24-17-11-8-7-9-15(17)19/h7-9,11,13-14,24H,3-6,10,12H2,1-2H3,(H,25,26)/t14-/m1/s1. The van der Waals surface area contributed by atoms with Crippen molar-refractivity contribution in [2.75, 3.05) is 11.9 Å². The van der Waals surface area contributed by atoms with Gasteiger partial charge in [0.25, 0.3) is 0 Å². The lowest BCUT2D eigenvalue weighted by molar-refractivity contribution is -0.115. The van der Waals surface area contributed by atoms with Crippen LogP contribution in [0, 0.1) is 0 Å². The first-order chi connectivity index (χ1) is 14.6. The summed E-state index contributed by atoms with van der Waals surface area (Å²) in [5.41, 5.74) is 2.69. The Morgan fingerprint density at radius 1 is 1.23 bits per heavy atom. The summed E-state index contributed by atoms with van der Waals surface area (Å²) in [6.45, 7) is 4.02. The topological polar surface area (TPSA) is 71.2 Å². The normalized spacial score (nSPS) is 14.7. The van der Waals surface area contributed by atoms with E-state index in [1.54, 1.807) is 6.92 Å². The first-order valence-electron chi connectivity index (χ1n) is 10.4. The number of fused-ring (bicyclic) bond motifs is 2. The fourth-order valence-corrected chi connectivity index (χ4v) is 6.11. The molecule has 1 aliphatic carbocycles. The van der Waals surface area contributed by atoms with E-state index in [0.29, 0.717) is 17.2 Å². The second-order valence-corrected chi connectivity index (χ2v) is 9.92. The monoisotopic (exact) mass is 442 g/mol. The number of anilines is 1. The third-order valence-electron chi connectivity index (χ3n) is 5.36. The minimum atomic E-state index is -0.330. The lowest BCUT2D eigenvalue weighted by atomic mass is 10.1.